The van der Waals surface area contributed by atoms with Crippen LogP contribution in [0.2, 0.25) is 0 Å². The number of rotatable bonds is 4. The predicted molar refractivity (Wildman–Crippen MR) is 102 cm³/mol. The van der Waals surface area contributed by atoms with E-state index in [4.69, 9.17) is 0 Å². The maximum atomic E-state index is 12.1. The number of nitrogens with one attached hydrogen (secondary N) is 1. The van der Waals surface area contributed by atoms with Crippen molar-refractivity contribution in [2.45, 2.75) is 19.3 Å². The normalized spacial score (nSPS) is 14.8. The Morgan fingerprint density at radius 2 is 1.75 bits per heavy atom. The number of amides is 1. The predicted octanol–water partition coefficient (Wildman–Crippen LogP) is 4.20. The molecular formula is C19H20BrN3O. The Labute approximate surface area is 150 Å². The number of hydrazone groups is 1. The van der Waals surface area contributed by atoms with E-state index in [1.165, 1.54) is 24.9 Å². The molecule has 0 atom stereocenters. The van der Waals surface area contributed by atoms with E-state index < -0.39 is 0 Å². The van der Waals surface area contributed by atoms with E-state index in [2.05, 4.69) is 43.5 Å². The van der Waals surface area contributed by atoms with E-state index in [1.807, 2.05) is 30.3 Å². The summed E-state index contributed by atoms with van der Waals surface area (Å²) in [5.41, 5.74) is 5.34. The third-order valence-corrected chi connectivity index (χ3v) is 4.80. The number of piperidine rings is 1. The fraction of sp³-hybridized carbons (Fsp3) is 0.263. The van der Waals surface area contributed by atoms with Crippen LogP contribution in [0.4, 0.5) is 5.69 Å². The first kappa shape index (κ1) is 16.7. The average Bonchev–Trinajstić information content (AvgIpc) is 2.63. The van der Waals surface area contributed by atoms with Crippen LogP contribution in [0, 0.1) is 0 Å². The number of nitrogens with zero attached hydrogens (tertiary/aromatic N) is 2. The van der Waals surface area contributed by atoms with Gasteiger partial charge in [0.05, 0.1) is 11.8 Å². The SMILES string of the molecule is O=C(N/N=C\c1ccc(N2CCCCC2)cc1)c1ccccc1Br. The van der Waals surface area contributed by atoms with Crippen molar-refractivity contribution >= 4 is 33.7 Å². The molecule has 1 heterocycles. The number of anilines is 1. The largest absolute Gasteiger partial charge is 0.372 e. The van der Waals surface area contributed by atoms with Crippen LogP contribution in [0.5, 0.6) is 0 Å². The highest BCUT2D eigenvalue weighted by Gasteiger charge is 2.10. The molecule has 0 bridgehead atoms. The van der Waals surface area contributed by atoms with Crippen LogP contribution < -0.4 is 10.3 Å². The van der Waals surface area contributed by atoms with Crippen LogP contribution in [-0.4, -0.2) is 25.2 Å². The van der Waals surface area contributed by atoms with Crippen LogP contribution >= 0.6 is 15.9 Å². The van der Waals surface area contributed by atoms with Gasteiger partial charge in [-0.2, -0.15) is 5.10 Å². The second-order valence-corrected chi connectivity index (χ2v) is 6.67. The molecule has 1 fully saturated rings. The summed E-state index contributed by atoms with van der Waals surface area (Å²) in [6.45, 7) is 2.27. The van der Waals surface area contributed by atoms with Crippen LogP contribution in [0.15, 0.2) is 58.1 Å². The first-order valence-corrected chi connectivity index (χ1v) is 8.96. The highest BCUT2D eigenvalue weighted by molar-refractivity contribution is 9.10. The van der Waals surface area contributed by atoms with Gasteiger partial charge in [-0.25, -0.2) is 5.43 Å². The lowest BCUT2D eigenvalue weighted by molar-refractivity contribution is 0.0954. The van der Waals surface area contributed by atoms with Crippen LogP contribution in [0.3, 0.4) is 0 Å². The third kappa shape index (κ3) is 4.23. The molecule has 1 amide bonds. The summed E-state index contributed by atoms with van der Waals surface area (Å²) in [4.78, 5) is 14.5. The van der Waals surface area contributed by atoms with Crippen molar-refractivity contribution in [3.05, 3.63) is 64.1 Å². The van der Waals surface area contributed by atoms with Crippen LogP contribution in [-0.2, 0) is 0 Å². The molecule has 2 aromatic carbocycles. The highest BCUT2D eigenvalue weighted by atomic mass is 79.9. The standard InChI is InChI=1S/C19H20BrN3O/c20-18-7-3-2-6-17(18)19(24)22-21-14-15-8-10-16(11-9-15)23-12-4-1-5-13-23/h2-3,6-11,14H,1,4-5,12-13H2,(H,22,24)/b21-14-. The first-order valence-electron chi connectivity index (χ1n) is 8.17. The zero-order chi connectivity index (χ0) is 16.8. The highest BCUT2D eigenvalue weighted by Crippen LogP contribution is 2.19. The Bertz CT molecular complexity index is 722. The number of hydrogen-bond acceptors (Lipinski definition) is 3. The molecule has 1 N–H and O–H groups in total. The van der Waals surface area contributed by atoms with E-state index in [9.17, 15) is 4.79 Å². The molecule has 0 spiro atoms. The molecule has 0 unspecified atom stereocenters. The lowest BCUT2D eigenvalue weighted by atomic mass is 10.1. The Hall–Kier alpha value is -2.14. The van der Waals surface area contributed by atoms with Gasteiger partial charge in [0.15, 0.2) is 0 Å². The molecule has 1 aliphatic heterocycles. The Morgan fingerprint density at radius 3 is 2.46 bits per heavy atom. The summed E-state index contributed by atoms with van der Waals surface area (Å²) in [6, 6.07) is 15.6. The maximum Gasteiger partial charge on any atom is 0.272 e. The molecule has 0 aliphatic carbocycles. The summed E-state index contributed by atoms with van der Waals surface area (Å²) >= 11 is 3.36. The summed E-state index contributed by atoms with van der Waals surface area (Å²) in [5, 5.41) is 4.04. The van der Waals surface area contributed by atoms with Crippen LogP contribution in [0.25, 0.3) is 0 Å². The second-order valence-electron chi connectivity index (χ2n) is 5.82. The maximum absolute atomic E-state index is 12.1. The quantitative estimate of drug-likeness (QED) is 0.632. The summed E-state index contributed by atoms with van der Waals surface area (Å²) in [7, 11) is 0. The minimum atomic E-state index is -0.233. The average molecular weight is 386 g/mol. The molecule has 24 heavy (non-hydrogen) atoms. The minimum Gasteiger partial charge on any atom is -0.372 e. The lowest BCUT2D eigenvalue weighted by Crippen LogP contribution is -2.29. The van der Waals surface area contributed by atoms with E-state index in [1.54, 1.807) is 12.3 Å². The number of hydrogen-bond donors (Lipinski definition) is 1. The van der Waals surface area contributed by atoms with E-state index in [0.29, 0.717) is 5.56 Å². The second kappa shape index (κ2) is 8.11. The molecule has 1 aliphatic rings. The molecule has 0 aromatic heterocycles. The first-order chi connectivity index (χ1) is 11.7. The molecule has 0 saturated carbocycles. The van der Waals surface area contributed by atoms with Crippen molar-refractivity contribution in [3.8, 4) is 0 Å². The van der Waals surface area contributed by atoms with Gasteiger partial charge in [-0.15, -0.1) is 0 Å². The summed E-state index contributed by atoms with van der Waals surface area (Å²) in [5.74, 6) is -0.233. The van der Waals surface area contributed by atoms with Crippen molar-refractivity contribution in [1.82, 2.24) is 5.43 Å². The zero-order valence-electron chi connectivity index (χ0n) is 13.4. The third-order valence-electron chi connectivity index (χ3n) is 4.11. The molecule has 4 nitrogen and oxygen atoms in total. The van der Waals surface area contributed by atoms with Gasteiger partial charge < -0.3 is 4.90 Å². The molecule has 1 saturated heterocycles. The zero-order valence-corrected chi connectivity index (χ0v) is 15.0. The van der Waals surface area contributed by atoms with Crippen molar-refractivity contribution in [3.63, 3.8) is 0 Å². The number of carbonyl (C=O) groups is 1. The molecule has 2 aromatic rings. The molecule has 124 valence electrons. The lowest BCUT2D eigenvalue weighted by Gasteiger charge is -2.28. The van der Waals surface area contributed by atoms with Gasteiger partial charge in [0.2, 0.25) is 0 Å². The fourth-order valence-electron chi connectivity index (χ4n) is 2.79. The van der Waals surface area contributed by atoms with Gasteiger partial charge in [0.25, 0.3) is 5.91 Å². The van der Waals surface area contributed by atoms with Gasteiger partial charge in [-0.1, -0.05) is 24.3 Å². The van der Waals surface area contributed by atoms with Gasteiger partial charge in [-0.3, -0.25) is 4.79 Å². The van der Waals surface area contributed by atoms with Gasteiger partial charge in [0.1, 0.15) is 0 Å². The van der Waals surface area contributed by atoms with Crippen molar-refractivity contribution < 1.29 is 4.79 Å². The minimum absolute atomic E-state index is 0.233. The molecular weight excluding hydrogens is 366 g/mol. The van der Waals surface area contributed by atoms with Gasteiger partial charge in [0, 0.05) is 23.2 Å². The topological polar surface area (TPSA) is 44.7 Å². The van der Waals surface area contributed by atoms with Crippen molar-refractivity contribution in [2.75, 3.05) is 18.0 Å². The summed E-state index contributed by atoms with van der Waals surface area (Å²) in [6.07, 6.45) is 5.53. The fourth-order valence-corrected chi connectivity index (χ4v) is 3.26. The monoisotopic (exact) mass is 385 g/mol. The molecule has 5 heteroatoms. The number of benzene rings is 2. The molecule has 3 rings (SSSR count). The molecule has 0 radical (unpaired) electrons. The van der Waals surface area contributed by atoms with Gasteiger partial charge in [-0.05, 0) is 65.0 Å². The number of halogens is 1. The summed E-state index contributed by atoms with van der Waals surface area (Å²) < 4.78 is 0.753. The van der Waals surface area contributed by atoms with Crippen LogP contribution in [0.1, 0.15) is 35.2 Å². The van der Waals surface area contributed by atoms with Gasteiger partial charge >= 0.3 is 0 Å². The smallest absolute Gasteiger partial charge is 0.272 e. The Kier molecular flexibility index (Phi) is 5.64. The van der Waals surface area contributed by atoms with E-state index >= 15 is 0 Å². The van der Waals surface area contributed by atoms with Crippen molar-refractivity contribution in [1.29, 1.82) is 0 Å². The van der Waals surface area contributed by atoms with E-state index in [0.717, 1.165) is 23.1 Å². The number of carbonyl (C=O) groups excluding carboxylic acids is 1. The van der Waals surface area contributed by atoms with E-state index in [-0.39, 0.29) is 5.91 Å². The Morgan fingerprint density at radius 1 is 1.04 bits per heavy atom. The van der Waals surface area contributed by atoms with Crippen molar-refractivity contribution in [2.24, 2.45) is 5.10 Å². The Balaban J connectivity index is 1.58.